The molecular weight excluding hydrogens is 701 g/mol. The molecule has 4 aromatic heterocycles. The number of nitrogens with zero attached hydrogens (tertiary/aromatic N) is 4. The van der Waals surface area contributed by atoms with Crippen molar-refractivity contribution in [2.45, 2.75) is 0 Å². The average molecular weight is 731 g/mol. The van der Waals surface area contributed by atoms with Crippen LogP contribution in [0.1, 0.15) is 0 Å². The zero-order chi connectivity index (χ0) is 37.5. The minimum atomic E-state index is 0.525. The van der Waals surface area contributed by atoms with Crippen molar-refractivity contribution in [3.63, 3.8) is 0 Å². The Morgan fingerprint density at radius 3 is 1.82 bits per heavy atom. The van der Waals surface area contributed by atoms with E-state index in [0.29, 0.717) is 17.5 Å². The van der Waals surface area contributed by atoms with Gasteiger partial charge in [-0.25, -0.2) is 15.0 Å². The molecule has 8 aromatic carbocycles. The SMILES string of the molecule is c1ccc(-c2cccc(-c3nc(-c4ccc5c(c4)oc4ccccc45)nc(-c4cccc5c4oc4c5ccc5c4c4ccccc4n5-c4ccccc4)n3)c2)cc1. The van der Waals surface area contributed by atoms with Crippen LogP contribution in [0.2, 0.25) is 0 Å². The second-order valence-electron chi connectivity index (χ2n) is 14.4. The lowest BCUT2D eigenvalue weighted by Gasteiger charge is -2.10. The van der Waals surface area contributed by atoms with E-state index in [2.05, 4.69) is 144 Å². The molecule has 0 amide bonds. The molecule has 12 rings (SSSR count). The van der Waals surface area contributed by atoms with Crippen LogP contribution in [0, 0.1) is 0 Å². The van der Waals surface area contributed by atoms with Gasteiger partial charge in [-0.05, 0) is 71.8 Å². The van der Waals surface area contributed by atoms with E-state index < -0.39 is 0 Å². The number of aromatic nitrogens is 4. The van der Waals surface area contributed by atoms with Crippen molar-refractivity contribution >= 4 is 65.7 Å². The molecule has 0 atom stereocenters. The monoisotopic (exact) mass is 730 g/mol. The molecule has 0 unspecified atom stereocenters. The largest absolute Gasteiger partial charge is 0.456 e. The highest BCUT2D eigenvalue weighted by Gasteiger charge is 2.22. The Labute approximate surface area is 325 Å². The molecule has 57 heavy (non-hydrogen) atoms. The molecule has 0 aliphatic carbocycles. The maximum absolute atomic E-state index is 7.04. The first-order valence-corrected chi connectivity index (χ1v) is 19.0. The Balaban J connectivity index is 1.10. The van der Waals surface area contributed by atoms with E-state index in [1.54, 1.807) is 0 Å². The van der Waals surface area contributed by atoms with Crippen molar-refractivity contribution in [3.8, 4) is 51.0 Å². The molecule has 0 spiro atoms. The lowest BCUT2D eigenvalue weighted by Crippen LogP contribution is -2.00. The summed E-state index contributed by atoms with van der Waals surface area (Å²) in [7, 11) is 0. The van der Waals surface area contributed by atoms with Gasteiger partial charge in [0, 0.05) is 43.7 Å². The minimum absolute atomic E-state index is 0.525. The highest BCUT2D eigenvalue weighted by Crippen LogP contribution is 2.43. The molecule has 0 bridgehead atoms. The summed E-state index contributed by atoms with van der Waals surface area (Å²) in [6, 6.07) is 62.6. The fraction of sp³-hybridized carbons (Fsp3) is 0. The molecular formula is C51H30N4O2. The molecule has 0 radical (unpaired) electrons. The quantitative estimate of drug-likeness (QED) is 0.176. The smallest absolute Gasteiger partial charge is 0.167 e. The Morgan fingerprint density at radius 2 is 0.965 bits per heavy atom. The van der Waals surface area contributed by atoms with Gasteiger partial charge in [-0.3, -0.25) is 0 Å². The van der Waals surface area contributed by atoms with Gasteiger partial charge in [0.1, 0.15) is 22.3 Å². The summed E-state index contributed by atoms with van der Waals surface area (Å²) in [4.78, 5) is 15.5. The third-order valence-corrected chi connectivity index (χ3v) is 11.1. The fourth-order valence-corrected chi connectivity index (χ4v) is 8.43. The van der Waals surface area contributed by atoms with Crippen LogP contribution in [0.4, 0.5) is 0 Å². The van der Waals surface area contributed by atoms with Crippen molar-refractivity contribution in [3.05, 3.63) is 182 Å². The van der Waals surface area contributed by atoms with Gasteiger partial charge in [-0.1, -0.05) is 121 Å². The summed E-state index contributed by atoms with van der Waals surface area (Å²) in [6.45, 7) is 0. The van der Waals surface area contributed by atoms with Gasteiger partial charge >= 0.3 is 0 Å². The van der Waals surface area contributed by atoms with Gasteiger partial charge in [-0.15, -0.1) is 0 Å². The predicted molar refractivity (Wildman–Crippen MR) is 230 cm³/mol. The number of rotatable bonds is 5. The van der Waals surface area contributed by atoms with Crippen LogP contribution in [-0.2, 0) is 0 Å². The van der Waals surface area contributed by atoms with E-state index in [9.17, 15) is 0 Å². The Bertz CT molecular complexity index is 3530. The van der Waals surface area contributed by atoms with Crippen LogP contribution >= 0.6 is 0 Å². The van der Waals surface area contributed by atoms with E-state index in [1.165, 1.54) is 0 Å². The van der Waals surface area contributed by atoms with E-state index in [4.69, 9.17) is 23.8 Å². The Hall–Kier alpha value is -7.83. The number of fused-ring (bicyclic) bond motifs is 10. The number of para-hydroxylation sites is 4. The van der Waals surface area contributed by atoms with Crippen molar-refractivity contribution in [1.82, 2.24) is 19.5 Å². The Morgan fingerprint density at radius 1 is 0.351 bits per heavy atom. The number of furan rings is 2. The minimum Gasteiger partial charge on any atom is -0.456 e. The molecule has 6 nitrogen and oxygen atoms in total. The fourth-order valence-electron chi connectivity index (χ4n) is 8.43. The molecule has 266 valence electrons. The number of hydrogen-bond acceptors (Lipinski definition) is 5. The summed E-state index contributed by atoms with van der Waals surface area (Å²) < 4.78 is 15.7. The average Bonchev–Trinajstić information content (AvgIpc) is 3.96. The topological polar surface area (TPSA) is 69.9 Å². The van der Waals surface area contributed by atoms with Gasteiger partial charge in [0.05, 0.1) is 22.0 Å². The molecule has 12 aromatic rings. The molecule has 0 saturated heterocycles. The molecule has 6 heteroatoms. The van der Waals surface area contributed by atoms with Crippen LogP contribution in [0.15, 0.2) is 191 Å². The zero-order valence-corrected chi connectivity index (χ0v) is 30.4. The number of benzene rings is 8. The van der Waals surface area contributed by atoms with Crippen LogP contribution in [0.3, 0.4) is 0 Å². The highest BCUT2D eigenvalue weighted by molar-refractivity contribution is 6.24. The van der Waals surface area contributed by atoms with Gasteiger partial charge in [0.25, 0.3) is 0 Å². The van der Waals surface area contributed by atoms with E-state index >= 15 is 0 Å². The van der Waals surface area contributed by atoms with Crippen molar-refractivity contribution < 1.29 is 8.83 Å². The van der Waals surface area contributed by atoms with Crippen LogP contribution < -0.4 is 0 Å². The predicted octanol–water partition coefficient (Wildman–Crippen LogP) is 13.4. The summed E-state index contributed by atoms with van der Waals surface area (Å²) in [5.41, 5.74) is 11.2. The maximum atomic E-state index is 7.04. The van der Waals surface area contributed by atoms with Gasteiger partial charge in [0.2, 0.25) is 0 Å². The first-order chi connectivity index (χ1) is 28.2. The lowest BCUT2D eigenvalue weighted by atomic mass is 10.0. The standard InChI is InChI=1S/C51H30N4O2/c1-3-13-31(14-4-1)32-15-11-16-33(29-32)49-52-50(34-25-26-37-36-19-8-10-24-44(36)56-45(37)30-34)54-51(53-49)41-22-12-21-38-39-27-28-43-46(48(39)57-47(38)41)40-20-7-9-23-42(40)55(43)35-17-5-2-6-18-35/h1-30H. The summed E-state index contributed by atoms with van der Waals surface area (Å²) in [5, 5.41) is 6.36. The molecule has 4 heterocycles. The maximum Gasteiger partial charge on any atom is 0.167 e. The zero-order valence-electron chi connectivity index (χ0n) is 30.4. The van der Waals surface area contributed by atoms with Crippen molar-refractivity contribution in [2.24, 2.45) is 0 Å². The first kappa shape index (κ1) is 31.5. The van der Waals surface area contributed by atoms with Crippen LogP contribution in [-0.4, -0.2) is 19.5 Å². The lowest BCUT2D eigenvalue weighted by molar-refractivity contribution is 0.669. The second-order valence-corrected chi connectivity index (χ2v) is 14.4. The van der Waals surface area contributed by atoms with E-state index in [-0.39, 0.29) is 0 Å². The first-order valence-electron chi connectivity index (χ1n) is 19.0. The molecule has 0 saturated carbocycles. The van der Waals surface area contributed by atoms with Gasteiger partial charge in [-0.2, -0.15) is 0 Å². The number of hydrogen-bond donors (Lipinski definition) is 0. The second kappa shape index (κ2) is 12.3. The summed E-state index contributed by atoms with van der Waals surface area (Å²) >= 11 is 0. The normalized spacial score (nSPS) is 11.9. The highest BCUT2D eigenvalue weighted by atomic mass is 16.3. The van der Waals surface area contributed by atoms with E-state index in [0.717, 1.165) is 99.2 Å². The third kappa shape index (κ3) is 4.94. The van der Waals surface area contributed by atoms with Gasteiger partial charge < -0.3 is 13.4 Å². The molecule has 0 aliphatic heterocycles. The molecule has 0 aliphatic rings. The van der Waals surface area contributed by atoms with Crippen LogP contribution in [0.25, 0.3) is 117 Å². The van der Waals surface area contributed by atoms with Crippen molar-refractivity contribution in [1.29, 1.82) is 0 Å². The van der Waals surface area contributed by atoms with E-state index in [1.807, 2.05) is 42.5 Å². The molecule has 0 fully saturated rings. The summed E-state index contributed by atoms with van der Waals surface area (Å²) in [5.74, 6) is 1.64. The van der Waals surface area contributed by atoms with Crippen molar-refractivity contribution in [2.75, 3.05) is 0 Å². The Kier molecular flexibility index (Phi) is 6.83. The van der Waals surface area contributed by atoms with Gasteiger partial charge in [0.15, 0.2) is 17.5 Å². The summed E-state index contributed by atoms with van der Waals surface area (Å²) in [6.07, 6.45) is 0. The third-order valence-electron chi connectivity index (χ3n) is 11.1. The van der Waals surface area contributed by atoms with Crippen LogP contribution in [0.5, 0.6) is 0 Å². The molecule has 0 N–H and O–H groups in total.